The third-order valence-electron chi connectivity index (χ3n) is 5.30. The summed E-state index contributed by atoms with van der Waals surface area (Å²) in [5.41, 5.74) is 3.46. The monoisotopic (exact) mass is 397 g/mol. The quantitative estimate of drug-likeness (QED) is 0.680. The van der Waals surface area contributed by atoms with E-state index in [4.69, 9.17) is 4.74 Å². The van der Waals surface area contributed by atoms with E-state index in [0.29, 0.717) is 24.4 Å². The summed E-state index contributed by atoms with van der Waals surface area (Å²) in [7, 11) is 0. The molecular formula is C21H27N5O3. The second kappa shape index (κ2) is 6.86. The fraction of sp³-hybridized carbons (Fsp3) is 0.524. The second-order valence-electron chi connectivity index (χ2n) is 8.84. The molecule has 1 amide bonds. The maximum Gasteiger partial charge on any atom is 0.410 e. The van der Waals surface area contributed by atoms with Crippen molar-refractivity contribution in [1.82, 2.24) is 24.5 Å². The first-order chi connectivity index (χ1) is 13.6. The number of piperidine rings is 1. The van der Waals surface area contributed by atoms with E-state index in [1.54, 1.807) is 11.0 Å². The molecule has 3 aromatic heterocycles. The van der Waals surface area contributed by atoms with Gasteiger partial charge in [-0.15, -0.1) is 5.10 Å². The first kappa shape index (κ1) is 19.4. The topological polar surface area (TPSA) is 92.6 Å². The van der Waals surface area contributed by atoms with Crippen molar-refractivity contribution in [3.63, 3.8) is 0 Å². The normalized spacial score (nSPS) is 16.0. The number of nitrogens with zero attached hydrogens (tertiary/aromatic N) is 4. The molecule has 1 N–H and O–H groups in total. The van der Waals surface area contributed by atoms with Gasteiger partial charge in [-0.1, -0.05) is 0 Å². The van der Waals surface area contributed by atoms with Crippen LogP contribution in [0.25, 0.3) is 16.7 Å². The zero-order valence-electron chi connectivity index (χ0n) is 17.6. The molecule has 1 fully saturated rings. The Morgan fingerprint density at radius 1 is 1.21 bits per heavy atom. The third-order valence-corrected chi connectivity index (χ3v) is 5.30. The van der Waals surface area contributed by atoms with Gasteiger partial charge in [0.05, 0.1) is 11.1 Å². The van der Waals surface area contributed by atoms with Crippen LogP contribution in [0.1, 0.15) is 56.5 Å². The number of fused-ring (bicyclic) bond motifs is 3. The van der Waals surface area contributed by atoms with Crippen molar-refractivity contribution in [3.8, 4) is 0 Å². The van der Waals surface area contributed by atoms with Gasteiger partial charge in [0.1, 0.15) is 11.2 Å². The highest BCUT2D eigenvalue weighted by atomic mass is 16.6. The lowest BCUT2D eigenvalue weighted by atomic mass is 9.93. The zero-order valence-corrected chi connectivity index (χ0v) is 17.6. The summed E-state index contributed by atoms with van der Waals surface area (Å²) < 4.78 is 7.30. The van der Waals surface area contributed by atoms with Gasteiger partial charge in [0.15, 0.2) is 5.65 Å². The molecule has 0 spiro atoms. The molecule has 29 heavy (non-hydrogen) atoms. The lowest BCUT2D eigenvalue weighted by Crippen LogP contribution is -2.41. The van der Waals surface area contributed by atoms with E-state index in [-0.39, 0.29) is 17.6 Å². The predicted octanol–water partition coefficient (Wildman–Crippen LogP) is 3.30. The number of carbonyl (C=O) groups excluding carboxylic acids is 1. The summed E-state index contributed by atoms with van der Waals surface area (Å²) in [6.45, 7) is 10.7. The second-order valence-corrected chi connectivity index (χ2v) is 8.84. The van der Waals surface area contributed by atoms with Crippen molar-refractivity contribution in [2.75, 3.05) is 13.1 Å². The summed E-state index contributed by atoms with van der Waals surface area (Å²) >= 11 is 0. The van der Waals surface area contributed by atoms with Crippen molar-refractivity contribution in [2.45, 2.75) is 59.0 Å². The van der Waals surface area contributed by atoms with Gasteiger partial charge in [-0.05, 0) is 59.1 Å². The highest BCUT2D eigenvalue weighted by molar-refractivity contribution is 5.92. The molecule has 1 saturated heterocycles. The Morgan fingerprint density at radius 2 is 1.90 bits per heavy atom. The highest BCUT2D eigenvalue weighted by Crippen LogP contribution is 2.30. The van der Waals surface area contributed by atoms with Crippen LogP contribution in [0.4, 0.5) is 4.79 Å². The van der Waals surface area contributed by atoms with E-state index >= 15 is 0 Å². The maximum atomic E-state index is 12.4. The van der Waals surface area contributed by atoms with Gasteiger partial charge in [-0.25, -0.2) is 14.3 Å². The molecule has 0 bridgehead atoms. The van der Waals surface area contributed by atoms with Gasteiger partial charge in [-0.3, -0.25) is 4.79 Å². The predicted molar refractivity (Wildman–Crippen MR) is 110 cm³/mol. The SMILES string of the molecule is Cc1cc(C)c2c(n1)nn1c(C3CCN(C(=O)OC(C)(C)C)CC3)cc(=O)[nH]c21. The molecule has 4 rings (SSSR count). The smallest absolute Gasteiger partial charge is 0.410 e. The van der Waals surface area contributed by atoms with Gasteiger partial charge >= 0.3 is 6.09 Å². The third kappa shape index (κ3) is 3.71. The van der Waals surface area contributed by atoms with E-state index in [0.717, 1.165) is 35.2 Å². The Kier molecular flexibility index (Phi) is 4.59. The van der Waals surface area contributed by atoms with Crippen LogP contribution in [0.2, 0.25) is 0 Å². The molecule has 0 aromatic carbocycles. The summed E-state index contributed by atoms with van der Waals surface area (Å²) in [6, 6.07) is 3.61. The van der Waals surface area contributed by atoms with E-state index < -0.39 is 5.60 Å². The molecule has 8 nitrogen and oxygen atoms in total. The average molecular weight is 397 g/mol. The lowest BCUT2D eigenvalue weighted by molar-refractivity contribution is 0.0203. The van der Waals surface area contributed by atoms with Crippen molar-refractivity contribution < 1.29 is 9.53 Å². The van der Waals surface area contributed by atoms with Crippen LogP contribution < -0.4 is 5.56 Å². The van der Waals surface area contributed by atoms with E-state index in [9.17, 15) is 9.59 Å². The molecule has 4 heterocycles. The van der Waals surface area contributed by atoms with Crippen LogP contribution in [0.5, 0.6) is 0 Å². The number of aromatic amines is 1. The Balaban J connectivity index is 1.66. The van der Waals surface area contributed by atoms with E-state index in [1.807, 2.05) is 45.2 Å². The molecule has 3 aromatic rings. The van der Waals surface area contributed by atoms with Crippen LogP contribution >= 0.6 is 0 Å². The Hall–Kier alpha value is -2.90. The number of hydrogen-bond donors (Lipinski definition) is 1. The number of pyridine rings is 1. The van der Waals surface area contributed by atoms with Gasteiger partial charge in [0, 0.05) is 30.8 Å². The molecule has 8 heteroatoms. The van der Waals surface area contributed by atoms with Crippen LogP contribution in [-0.2, 0) is 4.74 Å². The number of H-pyrrole nitrogens is 1. The highest BCUT2D eigenvalue weighted by Gasteiger charge is 2.29. The molecule has 1 aliphatic heterocycles. The van der Waals surface area contributed by atoms with E-state index in [2.05, 4.69) is 15.1 Å². The number of carbonyl (C=O) groups is 1. The number of likely N-dealkylation sites (tertiary alicyclic amines) is 1. The summed E-state index contributed by atoms with van der Waals surface area (Å²) in [4.78, 5) is 33.9. The average Bonchev–Trinajstić information content (AvgIpc) is 2.97. The van der Waals surface area contributed by atoms with Crippen LogP contribution in [0.3, 0.4) is 0 Å². The van der Waals surface area contributed by atoms with Gasteiger partial charge in [0.2, 0.25) is 0 Å². The first-order valence-electron chi connectivity index (χ1n) is 10.0. The fourth-order valence-electron chi connectivity index (χ4n) is 4.06. The molecule has 0 atom stereocenters. The fourth-order valence-corrected chi connectivity index (χ4v) is 4.06. The molecular weight excluding hydrogens is 370 g/mol. The Bertz CT molecular complexity index is 1150. The lowest BCUT2D eigenvalue weighted by Gasteiger charge is -2.33. The molecule has 154 valence electrons. The molecule has 0 unspecified atom stereocenters. The summed E-state index contributed by atoms with van der Waals surface area (Å²) in [5, 5.41) is 5.56. The van der Waals surface area contributed by atoms with Crippen molar-refractivity contribution >= 4 is 22.8 Å². The van der Waals surface area contributed by atoms with Gasteiger partial charge in [0.25, 0.3) is 5.56 Å². The Labute approximate surface area is 168 Å². The summed E-state index contributed by atoms with van der Waals surface area (Å²) in [6.07, 6.45) is 1.21. The van der Waals surface area contributed by atoms with Crippen molar-refractivity contribution in [2.24, 2.45) is 0 Å². The number of aromatic nitrogens is 4. The number of nitrogens with one attached hydrogen (secondary N) is 1. The van der Waals surface area contributed by atoms with Crippen molar-refractivity contribution in [3.05, 3.63) is 39.4 Å². The van der Waals surface area contributed by atoms with Crippen LogP contribution in [0, 0.1) is 13.8 Å². The largest absolute Gasteiger partial charge is 0.444 e. The first-order valence-corrected chi connectivity index (χ1v) is 10.0. The Morgan fingerprint density at radius 3 is 2.55 bits per heavy atom. The minimum absolute atomic E-state index is 0.134. The van der Waals surface area contributed by atoms with Gasteiger partial charge < -0.3 is 14.6 Å². The maximum absolute atomic E-state index is 12.4. The minimum atomic E-state index is -0.509. The minimum Gasteiger partial charge on any atom is -0.444 e. The molecule has 0 aliphatic carbocycles. The summed E-state index contributed by atoms with van der Waals surface area (Å²) in [5.74, 6) is 0.134. The number of hydrogen-bond acceptors (Lipinski definition) is 5. The van der Waals surface area contributed by atoms with Crippen molar-refractivity contribution in [1.29, 1.82) is 0 Å². The van der Waals surface area contributed by atoms with Gasteiger partial charge in [-0.2, -0.15) is 0 Å². The molecule has 0 saturated carbocycles. The van der Waals surface area contributed by atoms with E-state index in [1.165, 1.54) is 0 Å². The number of amides is 1. The van der Waals surface area contributed by atoms with Crippen LogP contribution in [-0.4, -0.2) is 49.3 Å². The zero-order chi connectivity index (χ0) is 20.9. The molecule has 0 radical (unpaired) electrons. The number of ether oxygens (including phenoxy) is 1. The number of rotatable bonds is 1. The number of aryl methyl sites for hydroxylation is 2. The molecule has 1 aliphatic rings. The van der Waals surface area contributed by atoms with Crippen LogP contribution in [0.15, 0.2) is 16.9 Å². The standard InChI is InChI=1S/C21H27N5O3/c1-12-10-13(2)22-18-17(12)19-23-16(27)11-15(26(19)24-18)14-6-8-25(9-7-14)20(28)29-21(3,4)5/h10-11,14H,6-9H2,1-5H3,(H,23,27).